The van der Waals surface area contributed by atoms with Gasteiger partial charge >= 0.3 is 11.9 Å². The topological polar surface area (TPSA) is 105 Å². The number of carboxylic acids is 1. The quantitative estimate of drug-likeness (QED) is 0.471. The van der Waals surface area contributed by atoms with Crippen LogP contribution in [0.25, 0.3) is 0 Å². The van der Waals surface area contributed by atoms with E-state index in [1.807, 2.05) is 30.3 Å². The molecule has 2 N–H and O–H groups in total. The van der Waals surface area contributed by atoms with E-state index in [1.165, 1.54) is 29.2 Å². The molecule has 1 fully saturated rings. The van der Waals surface area contributed by atoms with Crippen LogP contribution in [-0.2, 0) is 25.5 Å². The molecule has 188 valence electrons. The highest BCUT2D eigenvalue weighted by atomic mass is 19.1. The number of carbonyl (C=O) groups excluding carboxylic acids is 2. The van der Waals surface area contributed by atoms with Gasteiger partial charge in [-0.1, -0.05) is 30.3 Å². The summed E-state index contributed by atoms with van der Waals surface area (Å²) < 4.78 is 24.1. The van der Waals surface area contributed by atoms with Gasteiger partial charge < -0.3 is 19.5 Å². The molecule has 0 spiro atoms. The zero-order chi connectivity index (χ0) is 25.4. The smallest absolute Gasteiger partial charge is 0.326 e. The first-order valence-corrected chi connectivity index (χ1v) is 11.7. The molecule has 0 aromatic heterocycles. The maximum Gasteiger partial charge on any atom is 0.326 e. The molecule has 0 radical (unpaired) electrons. The molecule has 0 bridgehead atoms. The van der Waals surface area contributed by atoms with Crippen LogP contribution in [0.3, 0.4) is 0 Å². The highest BCUT2D eigenvalue weighted by Crippen LogP contribution is 2.24. The monoisotopic (exact) mass is 486 g/mol. The van der Waals surface area contributed by atoms with Crippen LogP contribution in [-0.4, -0.2) is 65.2 Å². The van der Waals surface area contributed by atoms with Crippen LogP contribution in [0.4, 0.5) is 4.39 Å². The van der Waals surface area contributed by atoms with Gasteiger partial charge in [0, 0.05) is 6.42 Å². The summed E-state index contributed by atoms with van der Waals surface area (Å²) >= 11 is 0. The van der Waals surface area contributed by atoms with Crippen molar-refractivity contribution in [3.63, 3.8) is 0 Å². The Morgan fingerprint density at radius 1 is 1.14 bits per heavy atom. The van der Waals surface area contributed by atoms with E-state index in [9.17, 15) is 23.9 Å². The van der Waals surface area contributed by atoms with Gasteiger partial charge in [0.25, 0.3) is 0 Å². The first kappa shape index (κ1) is 26.2. The van der Waals surface area contributed by atoms with E-state index >= 15 is 0 Å². The maximum absolute atomic E-state index is 13.2. The zero-order valence-electron chi connectivity index (χ0n) is 19.9. The number of halogens is 1. The van der Waals surface area contributed by atoms with Crippen LogP contribution in [0.1, 0.15) is 32.3 Å². The van der Waals surface area contributed by atoms with E-state index in [1.54, 1.807) is 13.8 Å². The minimum Gasteiger partial charge on any atom is -0.488 e. The number of carboxylic acid groups (broad SMARTS) is 1. The molecular formula is C26H31FN2O6. The molecule has 1 amide bonds. The number of nitrogens with one attached hydrogen (secondary N) is 1. The Morgan fingerprint density at radius 3 is 2.46 bits per heavy atom. The predicted molar refractivity (Wildman–Crippen MR) is 126 cm³/mol. The molecule has 1 saturated heterocycles. The summed E-state index contributed by atoms with van der Waals surface area (Å²) in [5.74, 6) is -2.06. The summed E-state index contributed by atoms with van der Waals surface area (Å²) in [6, 6.07) is 12.4. The van der Waals surface area contributed by atoms with Crippen LogP contribution < -0.4 is 10.1 Å². The van der Waals surface area contributed by atoms with Gasteiger partial charge in [0.1, 0.15) is 29.8 Å². The Kier molecular flexibility index (Phi) is 9.19. The summed E-state index contributed by atoms with van der Waals surface area (Å²) in [5, 5.41) is 12.7. The minimum atomic E-state index is -1.14. The minimum absolute atomic E-state index is 0.0628. The van der Waals surface area contributed by atoms with Crippen molar-refractivity contribution in [1.29, 1.82) is 0 Å². The summed E-state index contributed by atoms with van der Waals surface area (Å²) in [7, 11) is 0. The van der Waals surface area contributed by atoms with Crippen molar-refractivity contribution in [2.75, 3.05) is 13.2 Å². The largest absolute Gasteiger partial charge is 0.488 e. The third kappa shape index (κ3) is 7.26. The van der Waals surface area contributed by atoms with E-state index < -0.39 is 47.9 Å². The van der Waals surface area contributed by atoms with Gasteiger partial charge in [-0.25, -0.2) is 9.18 Å². The fourth-order valence-corrected chi connectivity index (χ4v) is 4.16. The fourth-order valence-electron chi connectivity index (χ4n) is 4.16. The van der Waals surface area contributed by atoms with Crippen LogP contribution in [0.5, 0.6) is 5.75 Å². The molecule has 3 rings (SSSR count). The van der Waals surface area contributed by atoms with Crippen molar-refractivity contribution in [1.82, 2.24) is 10.2 Å². The van der Waals surface area contributed by atoms with Gasteiger partial charge in [0.05, 0.1) is 19.2 Å². The molecule has 1 heterocycles. The van der Waals surface area contributed by atoms with Crippen LogP contribution >= 0.6 is 0 Å². The maximum atomic E-state index is 13.2. The average molecular weight is 487 g/mol. The lowest BCUT2D eigenvalue weighted by atomic mass is 10.0. The molecule has 1 aliphatic heterocycles. The number of amides is 1. The average Bonchev–Trinajstić information content (AvgIpc) is 3.27. The lowest BCUT2D eigenvalue weighted by molar-refractivity contribution is -0.150. The number of ether oxygens (including phenoxy) is 2. The van der Waals surface area contributed by atoms with Crippen molar-refractivity contribution in [3.05, 3.63) is 66.0 Å². The number of esters is 1. The van der Waals surface area contributed by atoms with Gasteiger partial charge in [-0.3, -0.25) is 14.9 Å². The van der Waals surface area contributed by atoms with Crippen LogP contribution in [0.2, 0.25) is 0 Å². The van der Waals surface area contributed by atoms with Gasteiger partial charge in [0.15, 0.2) is 0 Å². The summed E-state index contributed by atoms with van der Waals surface area (Å²) in [4.78, 5) is 38.9. The second-order valence-corrected chi connectivity index (χ2v) is 8.49. The second kappa shape index (κ2) is 12.3. The molecular weight excluding hydrogens is 455 g/mol. The number of benzene rings is 2. The number of aliphatic carboxylic acids is 1. The van der Waals surface area contributed by atoms with Gasteiger partial charge in [0.2, 0.25) is 5.91 Å². The molecule has 9 heteroatoms. The predicted octanol–water partition coefficient (Wildman–Crippen LogP) is 2.80. The molecule has 2 aromatic carbocycles. The number of nitrogens with zero attached hydrogens (tertiary/aromatic N) is 1. The van der Waals surface area contributed by atoms with E-state index in [4.69, 9.17) is 9.47 Å². The molecule has 2 aromatic rings. The van der Waals surface area contributed by atoms with Crippen molar-refractivity contribution in [2.45, 2.75) is 57.3 Å². The van der Waals surface area contributed by atoms with Gasteiger partial charge in [-0.15, -0.1) is 0 Å². The summed E-state index contributed by atoms with van der Waals surface area (Å²) in [6.45, 7) is 3.58. The SMILES string of the molecule is CCOC(=O)[C@H](CCc1ccccc1)N[C@@H](C)C(=O)N1C[C@@H](Oc2ccc(F)cc2)C[C@H]1C(=O)O. The lowest BCUT2D eigenvalue weighted by Gasteiger charge is -2.27. The van der Waals surface area contributed by atoms with Crippen molar-refractivity contribution in [2.24, 2.45) is 0 Å². The Hall–Kier alpha value is -3.46. The number of rotatable bonds is 11. The second-order valence-electron chi connectivity index (χ2n) is 8.49. The van der Waals surface area contributed by atoms with Crippen molar-refractivity contribution >= 4 is 17.8 Å². The Labute approximate surface area is 204 Å². The normalized spacial score (nSPS) is 19.1. The number of aryl methyl sites for hydroxylation is 1. The molecule has 0 aliphatic carbocycles. The fraction of sp³-hybridized carbons (Fsp3) is 0.423. The molecule has 0 unspecified atom stereocenters. The van der Waals surface area contributed by atoms with Gasteiger partial charge in [-0.05, 0) is 56.5 Å². The Morgan fingerprint density at radius 2 is 1.83 bits per heavy atom. The Bertz CT molecular complexity index is 1000. The number of hydrogen-bond donors (Lipinski definition) is 2. The van der Waals surface area contributed by atoms with E-state index in [0.29, 0.717) is 18.6 Å². The lowest BCUT2D eigenvalue weighted by Crippen LogP contribution is -2.53. The van der Waals surface area contributed by atoms with E-state index in [2.05, 4.69) is 5.32 Å². The van der Waals surface area contributed by atoms with Crippen LogP contribution in [0, 0.1) is 5.82 Å². The number of hydrogen-bond acceptors (Lipinski definition) is 6. The summed E-state index contributed by atoms with van der Waals surface area (Å²) in [5.41, 5.74) is 1.05. The van der Waals surface area contributed by atoms with E-state index in [-0.39, 0.29) is 19.6 Å². The van der Waals surface area contributed by atoms with E-state index in [0.717, 1.165) is 5.56 Å². The third-order valence-electron chi connectivity index (χ3n) is 5.90. The highest BCUT2D eigenvalue weighted by molar-refractivity contribution is 5.88. The number of carbonyl (C=O) groups is 3. The zero-order valence-corrected chi connectivity index (χ0v) is 19.9. The molecule has 35 heavy (non-hydrogen) atoms. The third-order valence-corrected chi connectivity index (χ3v) is 5.90. The molecule has 0 saturated carbocycles. The van der Waals surface area contributed by atoms with Crippen LogP contribution in [0.15, 0.2) is 54.6 Å². The first-order chi connectivity index (χ1) is 16.8. The molecule has 8 nitrogen and oxygen atoms in total. The van der Waals surface area contributed by atoms with Crippen molar-refractivity contribution < 1.29 is 33.4 Å². The highest BCUT2D eigenvalue weighted by Gasteiger charge is 2.42. The molecule has 4 atom stereocenters. The number of likely N-dealkylation sites (tertiary alicyclic amines) is 1. The van der Waals surface area contributed by atoms with Gasteiger partial charge in [-0.2, -0.15) is 0 Å². The summed E-state index contributed by atoms with van der Waals surface area (Å²) in [6.07, 6.45) is 0.559. The first-order valence-electron chi connectivity index (χ1n) is 11.7. The molecule has 1 aliphatic rings. The standard InChI is InChI=1S/C26H31FN2O6/c1-3-34-26(33)22(14-9-18-7-5-4-6-8-18)28-17(2)24(30)29-16-21(15-23(29)25(31)32)35-20-12-10-19(27)11-13-20/h4-8,10-13,17,21-23,28H,3,9,14-16H2,1-2H3,(H,31,32)/t17-,21-,22-,23-/m0/s1. The van der Waals surface area contributed by atoms with Crippen molar-refractivity contribution in [3.8, 4) is 5.75 Å². The Balaban J connectivity index is 1.66.